The quantitative estimate of drug-likeness (QED) is 0.527. The van der Waals surface area contributed by atoms with Crippen molar-refractivity contribution in [3.8, 4) is 0 Å². The van der Waals surface area contributed by atoms with Gasteiger partial charge in [-0.3, -0.25) is 13.9 Å². The number of benzene rings is 2. The standard InChI is InChI=1S/C26H37N3O4S/c1-19(2)17-27-26(31)22(5)28(16-15-23-13-8-7-9-14-23)24(30)18-29(34(6,32)33)25-20(3)11-10-12-21(25)4/h7-14,19,22H,15-18H2,1-6H3,(H,27,31)/t22-/m0/s1. The fourth-order valence-electron chi connectivity index (χ4n) is 3.80. The van der Waals surface area contributed by atoms with E-state index in [1.54, 1.807) is 6.92 Å². The second-order valence-corrected chi connectivity index (χ2v) is 11.1. The number of nitrogens with zero attached hydrogens (tertiary/aromatic N) is 2. The lowest BCUT2D eigenvalue weighted by atomic mass is 10.1. The minimum Gasteiger partial charge on any atom is -0.354 e. The number of carbonyl (C=O) groups is 2. The Bertz CT molecular complexity index is 1060. The topological polar surface area (TPSA) is 86.8 Å². The molecule has 0 unspecified atom stereocenters. The second-order valence-electron chi connectivity index (χ2n) is 9.15. The number of carbonyl (C=O) groups excluding carboxylic acids is 2. The van der Waals surface area contributed by atoms with Crippen LogP contribution >= 0.6 is 0 Å². The fraction of sp³-hybridized carbons (Fsp3) is 0.462. The minimum absolute atomic E-state index is 0.256. The molecule has 0 fully saturated rings. The predicted octanol–water partition coefficient (Wildman–Crippen LogP) is 3.30. The van der Waals surface area contributed by atoms with Gasteiger partial charge in [0, 0.05) is 13.1 Å². The number of sulfonamides is 1. The SMILES string of the molecule is Cc1cccc(C)c1N(CC(=O)N(CCc1ccccc1)[C@@H](C)C(=O)NCC(C)C)S(C)(=O)=O. The van der Waals surface area contributed by atoms with Crippen LogP contribution in [0.4, 0.5) is 5.69 Å². The lowest BCUT2D eigenvalue weighted by molar-refractivity contribution is -0.138. The fourth-order valence-corrected chi connectivity index (χ4v) is 4.76. The van der Waals surface area contributed by atoms with Crippen LogP contribution in [0.2, 0.25) is 0 Å². The van der Waals surface area contributed by atoms with E-state index in [-0.39, 0.29) is 18.4 Å². The maximum absolute atomic E-state index is 13.5. The molecular weight excluding hydrogens is 450 g/mol. The summed E-state index contributed by atoms with van der Waals surface area (Å²) in [5.41, 5.74) is 3.05. The smallest absolute Gasteiger partial charge is 0.244 e. The van der Waals surface area contributed by atoms with E-state index in [0.717, 1.165) is 27.3 Å². The van der Waals surface area contributed by atoms with E-state index in [2.05, 4.69) is 5.32 Å². The largest absolute Gasteiger partial charge is 0.354 e. The van der Waals surface area contributed by atoms with E-state index in [4.69, 9.17) is 0 Å². The Balaban J connectivity index is 2.34. The average molecular weight is 488 g/mol. The minimum atomic E-state index is -3.74. The van der Waals surface area contributed by atoms with Crippen molar-refractivity contribution in [3.63, 3.8) is 0 Å². The molecule has 2 rings (SSSR count). The lowest BCUT2D eigenvalue weighted by Gasteiger charge is -2.32. The summed E-state index contributed by atoms with van der Waals surface area (Å²) in [7, 11) is -3.74. The van der Waals surface area contributed by atoms with Gasteiger partial charge in [0.05, 0.1) is 11.9 Å². The van der Waals surface area contributed by atoms with Gasteiger partial charge in [-0.1, -0.05) is 62.4 Å². The predicted molar refractivity (Wildman–Crippen MR) is 137 cm³/mol. The molecule has 2 aromatic rings. The number of para-hydroxylation sites is 1. The highest BCUT2D eigenvalue weighted by atomic mass is 32.2. The first kappa shape index (κ1) is 27.4. The van der Waals surface area contributed by atoms with Crippen molar-refractivity contribution >= 4 is 27.5 Å². The van der Waals surface area contributed by atoms with Crippen molar-refractivity contribution < 1.29 is 18.0 Å². The highest BCUT2D eigenvalue weighted by Gasteiger charge is 2.30. The zero-order chi connectivity index (χ0) is 25.5. The molecule has 0 aliphatic carbocycles. The van der Waals surface area contributed by atoms with Crippen molar-refractivity contribution in [1.29, 1.82) is 0 Å². The molecule has 0 radical (unpaired) electrons. The van der Waals surface area contributed by atoms with E-state index in [9.17, 15) is 18.0 Å². The molecule has 0 spiro atoms. The normalized spacial score (nSPS) is 12.3. The van der Waals surface area contributed by atoms with E-state index in [0.29, 0.717) is 25.2 Å². The molecule has 0 saturated carbocycles. The van der Waals surface area contributed by atoms with Gasteiger partial charge in [0.2, 0.25) is 21.8 Å². The van der Waals surface area contributed by atoms with Crippen LogP contribution in [0, 0.1) is 19.8 Å². The van der Waals surface area contributed by atoms with Gasteiger partial charge in [0.1, 0.15) is 12.6 Å². The van der Waals surface area contributed by atoms with Crippen LogP contribution in [-0.4, -0.2) is 57.1 Å². The summed E-state index contributed by atoms with van der Waals surface area (Å²) < 4.78 is 26.6. The molecule has 2 aromatic carbocycles. The molecule has 0 aromatic heterocycles. The van der Waals surface area contributed by atoms with Crippen LogP contribution in [0.5, 0.6) is 0 Å². The lowest BCUT2D eigenvalue weighted by Crippen LogP contribution is -2.52. The van der Waals surface area contributed by atoms with Crippen molar-refractivity contribution in [2.24, 2.45) is 5.92 Å². The molecule has 2 amide bonds. The van der Waals surface area contributed by atoms with Crippen molar-refractivity contribution in [3.05, 3.63) is 65.2 Å². The van der Waals surface area contributed by atoms with Crippen LogP contribution in [0.15, 0.2) is 48.5 Å². The highest BCUT2D eigenvalue weighted by molar-refractivity contribution is 7.92. The van der Waals surface area contributed by atoms with E-state index in [1.807, 2.05) is 76.2 Å². The Morgan fingerprint density at radius 2 is 1.53 bits per heavy atom. The van der Waals surface area contributed by atoms with Gasteiger partial charge in [0.15, 0.2) is 0 Å². The number of hydrogen-bond acceptors (Lipinski definition) is 4. The number of anilines is 1. The zero-order valence-corrected chi connectivity index (χ0v) is 21.9. The number of hydrogen-bond donors (Lipinski definition) is 1. The maximum atomic E-state index is 13.5. The third-order valence-corrected chi connectivity index (χ3v) is 6.82. The zero-order valence-electron chi connectivity index (χ0n) is 21.0. The van der Waals surface area contributed by atoms with Gasteiger partial charge in [-0.2, -0.15) is 0 Å². The molecule has 186 valence electrons. The maximum Gasteiger partial charge on any atom is 0.244 e. The molecule has 1 atom stereocenters. The molecule has 1 N–H and O–H groups in total. The summed E-state index contributed by atoms with van der Waals surface area (Å²) in [6.07, 6.45) is 1.65. The first-order valence-electron chi connectivity index (χ1n) is 11.6. The van der Waals surface area contributed by atoms with Gasteiger partial charge in [0.25, 0.3) is 0 Å². The average Bonchev–Trinajstić information content (AvgIpc) is 2.76. The van der Waals surface area contributed by atoms with Crippen molar-refractivity contribution in [2.45, 2.75) is 47.1 Å². The summed E-state index contributed by atoms with van der Waals surface area (Å²) in [4.78, 5) is 27.9. The molecule has 7 nitrogen and oxygen atoms in total. The first-order chi connectivity index (χ1) is 15.9. The third kappa shape index (κ3) is 7.58. The first-order valence-corrected chi connectivity index (χ1v) is 13.4. The number of aryl methyl sites for hydroxylation is 2. The Hall–Kier alpha value is -2.87. The highest BCUT2D eigenvalue weighted by Crippen LogP contribution is 2.27. The van der Waals surface area contributed by atoms with Gasteiger partial charge in [-0.05, 0) is 49.8 Å². The number of nitrogens with one attached hydrogen (secondary N) is 1. The van der Waals surface area contributed by atoms with Crippen LogP contribution in [0.3, 0.4) is 0 Å². The van der Waals surface area contributed by atoms with Crippen LogP contribution in [0.25, 0.3) is 0 Å². The van der Waals surface area contributed by atoms with Gasteiger partial charge >= 0.3 is 0 Å². The number of rotatable bonds is 11. The second kappa shape index (κ2) is 12.0. The summed E-state index contributed by atoms with van der Waals surface area (Å²) in [6, 6.07) is 14.4. The third-order valence-electron chi connectivity index (χ3n) is 5.70. The number of amides is 2. The summed E-state index contributed by atoms with van der Waals surface area (Å²) >= 11 is 0. The van der Waals surface area contributed by atoms with Gasteiger partial charge in [-0.15, -0.1) is 0 Å². The summed E-state index contributed by atoms with van der Waals surface area (Å²) in [6.45, 7) is 9.74. The van der Waals surface area contributed by atoms with Crippen LogP contribution in [0.1, 0.15) is 37.5 Å². The molecule has 0 saturated heterocycles. The van der Waals surface area contributed by atoms with Crippen LogP contribution in [-0.2, 0) is 26.0 Å². The monoisotopic (exact) mass is 487 g/mol. The molecular formula is C26H37N3O4S. The van der Waals surface area contributed by atoms with E-state index in [1.165, 1.54) is 4.90 Å². The Labute approximate surface area is 204 Å². The molecule has 0 aliphatic heterocycles. The summed E-state index contributed by atoms with van der Waals surface area (Å²) in [5.74, 6) is -0.404. The molecule has 0 aliphatic rings. The molecule has 0 bridgehead atoms. The Morgan fingerprint density at radius 1 is 0.941 bits per heavy atom. The van der Waals surface area contributed by atoms with Crippen molar-refractivity contribution in [2.75, 3.05) is 30.2 Å². The van der Waals surface area contributed by atoms with E-state index >= 15 is 0 Å². The summed E-state index contributed by atoms with van der Waals surface area (Å²) in [5, 5.41) is 2.88. The van der Waals surface area contributed by atoms with Crippen molar-refractivity contribution in [1.82, 2.24) is 10.2 Å². The van der Waals surface area contributed by atoms with Gasteiger partial charge in [-0.25, -0.2) is 8.42 Å². The molecule has 0 heterocycles. The van der Waals surface area contributed by atoms with Crippen LogP contribution < -0.4 is 9.62 Å². The molecule has 34 heavy (non-hydrogen) atoms. The Morgan fingerprint density at radius 3 is 2.06 bits per heavy atom. The molecule has 8 heteroatoms. The Kier molecular flexibility index (Phi) is 9.67. The van der Waals surface area contributed by atoms with Gasteiger partial charge < -0.3 is 10.2 Å². The van der Waals surface area contributed by atoms with E-state index < -0.39 is 22.0 Å².